The summed E-state index contributed by atoms with van der Waals surface area (Å²) in [5.41, 5.74) is 0. The first-order valence-electron chi connectivity index (χ1n) is 5.83. The van der Waals surface area contributed by atoms with Crippen LogP contribution in [0.4, 0.5) is 0 Å². The average Bonchev–Trinajstić information content (AvgIpc) is 2.27. The first-order valence-corrected chi connectivity index (χ1v) is 5.83. The van der Waals surface area contributed by atoms with Gasteiger partial charge in [-0.25, -0.2) is 0 Å². The van der Waals surface area contributed by atoms with Gasteiger partial charge in [0.05, 0.1) is 0 Å². The molecule has 1 amide bonds. The highest BCUT2D eigenvalue weighted by atomic mass is 16.3. The van der Waals surface area contributed by atoms with Gasteiger partial charge in [0.15, 0.2) is 0 Å². The lowest BCUT2D eigenvalue weighted by molar-refractivity contribution is -0.125. The van der Waals surface area contributed by atoms with E-state index in [1.54, 1.807) is 0 Å². The lowest BCUT2D eigenvalue weighted by Crippen LogP contribution is -2.39. The summed E-state index contributed by atoms with van der Waals surface area (Å²) < 4.78 is 0. The average molecular weight is 214 g/mol. The van der Waals surface area contributed by atoms with Gasteiger partial charge >= 0.3 is 0 Å². The number of hydrogen-bond donors (Lipinski definition) is 3. The van der Waals surface area contributed by atoms with Crippen molar-refractivity contribution in [1.82, 2.24) is 10.6 Å². The van der Waals surface area contributed by atoms with Crippen LogP contribution in [0.1, 0.15) is 26.2 Å². The molecule has 1 saturated heterocycles. The Morgan fingerprint density at radius 1 is 1.53 bits per heavy atom. The Bertz CT molecular complexity index is 191. The Morgan fingerprint density at radius 2 is 2.20 bits per heavy atom. The number of amides is 1. The Labute approximate surface area is 91.4 Å². The fourth-order valence-corrected chi connectivity index (χ4v) is 1.83. The zero-order chi connectivity index (χ0) is 11.1. The van der Waals surface area contributed by atoms with Crippen molar-refractivity contribution in [2.75, 3.05) is 26.2 Å². The maximum absolute atomic E-state index is 11.7. The van der Waals surface area contributed by atoms with Gasteiger partial charge in [0.2, 0.25) is 5.91 Å². The molecule has 4 heteroatoms. The third kappa shape index (κ3) is 4.62. The van der Waals surface area contributed by atoms with Crippen LogP contribution in [-0.2, 0) is 4.79 Å². The maximum atomic E-state index is 11.7. The van der Waals surface area contributed by atoms with E-state index in [0.29, 0.717) is 12.5 Å². The predicted molar refractivity (Wildman–Crippen MR) is 59.5 cm³/mol. The van der Waals surface area contributed by atoms with E-state index in [-0.39, 0.29) is 18.4 Å². The summed E-state index contributed by atoms with van der Waals surface area (Å²) in [5, 5.41) is 14.9. The summed E-state index contributed by atoms with van der Waals surface area (Å²) >= 11 is 0. The summed E-state index contributed by atoms with van der Waals surface area (Å²) in [6, 6.07) is 0. The predicted octanol–water partition coefficient (Wildman–Crippen LogP) is 0.121. The molecule has 88 valence electrons. The molecule has 1 fully saturated rings. The zero-order valence-electron chi connectivity index (χ0n) is 9.46. The smallest absolute Gasteiger partial charge is 0.223 e. The van der Waals surface area contributed by atoms with Crippen LogP contribution < -0.4 is 10.6 Å². The van der Waals surface area contributed by atoms with E-state index >= 15 is 0 Å². The molecule has 1 aliphatic rings. The van der Waals surface area contributed by atoms with Crippen LogP contribution in [0.3, 0.4) is 0 Å². The van der Waals surface area contributed by atoms with Crippen molar-refractivity contribution >= 4 is 5.91 Å². The minimum Gasteiger partial charge on any atom is -0.396 e. The Kier molecular flexibility index (Phi) is 5.65. The van der Waals surface area contributed by atoms with Crippen molar-refractivity contribution in [2.24, 2.45) is 11.8 Å². The fourth-order valence-electron chi connectivity index (χ4n) is 1.83. The molecule has 0 radical (unpaired) electrons. The molecule has 1 heterocycles. The van der Waals surface area contributed by atoms with Gasteiger partial charge in [0.25, 0.3) is 0 Å². The molecule has 1 rings (SSSR count). The highest BCUT2D eigenvalue weighted by Gasteiger charge is 2.20. The number of piperidine rings is 1. The molecule has 4 nitrogen and oxygen atoms in total. The van der Waals surface area contributed by atoms with E-state index in [1.807, 2.05) is 6.92 Å². The normalized spacial score (nSPS) is 19.9. The number of carbonyl (C=O) groups excluding carboxylic acids is 1. The monoisotopic (exact) mass is 214 g/mol. The molecule has 0 aromatic heterocycles. The van der Waals surface area contributed by atoms with Crippen molar-refractivity contribution in [3.63, 3.8) is 0 Å². The molecular formula is C11H22N2O2. The van der Waals surface area contributed by atoms with Gasteiger partial charge in [-0.3, -0.25) is 4.79 Å². The van der Waals surface area contributed by atoms with Crippen LogP contribution in [0.15, 0.2) is 0 Å². The lowest BCUT2D eigenvalue weighted by Gasteiger charge is -2.22. The number of nitrogens with one attached hydrogen (secondary N) is 2. The fraction of sp³-hybridized carbons (Fsp3) is 0.909. The molecule has 0 saturated carbocycles. The van der Waals surface area contributed by atoms with Crippen LogP contribution >= 0.6 is 0 Å². The molecule has 0 aliphatic carbocycles. The third-order valence-corrected chi connectivity index (χ3v) is 2.96. The molecule has 1 aliphatic heterocycles. The van der Waals surface area contributed by atoms with Gasteiger partial charge in [0.1, 0.15) is 0 Å². The van der Waals surface area contributed by atoms with Gasteiger partial charge in [-0.1, -0.05) is 6.92 Å². The van der Waals surface area contributed by atoms with E-state index in [9.17, 15) is 4.79 Å². The molecule has 0 spiro atoms. The minimum atomic E-state index is 0.182. The molecule has 0 bridgehead atoms. The number of rotatable bonds is 5. The van der Waals surface area contributed by atoms with E-state index < -0.39 is 0 Å². The van der Waals surface area contributed by atoms with Crippen molar-refractivity contribution < 1.29 is 9.90 Å². The Morgan fingerprint density at radius 3 is 2.80 bits per heavy atom. The van der Waals surface area contributed by atoms with E-state index in [1.165, 1.54) is 0 Å². The Hall–Kier alpha value is -0.610. The standard InChI is InChI=1S/C11H22N2O2/c1-9(4-7-14)8-13-11(15)10-2-5-12-6-3-10/h9-10,12,14H,2-8H2,1H3,(H,13,15). The molecular weight excluding hydrogens is 192 g/mol. The van der Waals surface area contributed by atoms with Crippen LogP contribution in [0, 0.1) is 11.8 Å². The second-order valence-corrected chi connectivity index (χ2v) is 4.39. The van der Waals surface area contributed by atoms with Crippen molar-refractivity contribution in [3.05, 3.63) is 0 Å². The van der Waals surface area contributed by atoms with Crippen molar-refractivity contribution in [3.8, 4) is 0 Å². The zero-order valence-corrected chi connectivity index (χ0v) is 9.46. The SMILES string of the molecule is CC(CCO)CNC(=O)C1CCNCC1. The molecule has 1 unspecified atom stereocenters. The second kappa shape index (κ2) is 6.80. The topological polar surface area (TPSA) is 61.4 Å². The van der Waals surface area contributed by atoms with Crippen LogP contribution in [0.2, 0.25) is 0 Å². The summed E-state index contributed by atoms with van der Waals surface area (Å²) in [4.78, 5) is 11.7. The van der Waals surface area contributed by atoms with E-state index in [0.717, 1.165) is 32.4 Å². The van der Waals surface area contributed by atoms with E-state index in [4.69, 9.17) is 5.11 Å². The van der Waals surface area contributed by atoms with Gasteiger partial charge in [-0.2, -0.15) is 0 Å². The maximum Gasteiger partial charge on any atom is 0.223 e. The van der Waals surface area contributed by atoms with Crippen molar-refractivity contribution in [1.29, 1.82) is 0 Å². The first-order chi connectivity index (χ1) is 7.24. The van der Waals surface area contributed by atoms with Gasteiger partial charge < -0.3 is 15.7 Å². The molecule has 1 atom stereocenters. The first kappa shape index (κ1) is 12.5. The highest BCUT2D eigenvalue weighted by Crippen LogP contribution is 2.11. The minimum absolute atomic E-state index is 0.182. The van der Waals surface area contributed by atoms with Crippen LogP contribution in [0.25, 0.3) is 0 Å². The quantitative estimate of drug-likeness (QED) is 0.609. The van der Waals surface area contributed by atoms with Crippen LogP contribution in [-0.4, -0.2) is 37.3 Å². The number of aliphatic hydroxyl groups is 1. The summed E-state index contributed by atoms with van der Waals surface area (Å²) in [7, 11) is 0. The van der Waals surface area contributed by atoms with Crippen LogP contribution in [0.5, 0.6) is 0 Å². The molecule has 0 aromatic rings. The van der Waals surface area contributed by atoms with Gasteiger partial charge in [-0.15, -0.1) is 0 Å². The molecule has 0 aromatic carbocycles. The second-order valence-electron chi connectivity index (χ2n) is 4.39. The third-order valence-electron chi connectivity index (χ3n) is 2.96. The number of carbonyl (C=O) groups is 1. The summed E-state index contributed by atoms with van der Waals surface area (Å²) in [5.74, 6) is 0.731. The summed E-state index contributed by atoms with van der Waals surface area (Å²) in [6.45, 7) is 4.82. The molecule has 3 N–H and O–H groups in total. The summed E-state index contributed by atoms with van der Waals surface area (Å²) in [6.07, 6.45) is 2.65. The number of hydrogen-bond acceptors (Lipinski definition) is 3. The number of aliphatic hydroxyl groups excluding tert-OH is 1. The van der Waals surface area contributed by atoms with E-state index in [2.05, 4.69) is 10.6 Å². The van der Waals surface area contributed by atoms with Gasteiger partial charge in [0, 0.05) is 19.1 Å². The molecule has 15 heavy (non-hydrogen) atoms. The van der Waals surface area contributed by atoms with Gasteiger partial charge in [-0.05, 0) is 38.3 Å². The Balaban J connectivity index is 2.16. The highest BCUT2D eigenvalue weighted by molar-refractivity contribution is 5.78. The largest absolute Gasteiger partial charge is 0.396 e. The van der Waals surface area contributed by atoms with Crippen molar-refractivity contribution in [2.45, 2.75) is 26.2 Å². The lowest BCUT2D eigenvalue weighted by atomic mass is 9.97.